The average Bonchev–Trinajstić information content (AvgIpc) is 2.80. The van der Waals surface area contributed by atoms with Crippen LogP contribution in [0.4, 0.5) is 0 Å². The second kappa shape index (κ2) is 3.66. The zero-order valence-electron chi connectivity index (χ0n) is 10.9. The summed E-state index contributed by atoms with van der Waals surface area (Å²) in [6, 6.07) is 2.06. The van der Waals surface area contributed by atoms with Crippen molar-refractivity contribution in [2.24, 2.45) is 7.05 Å². The van der Waals surface area contributed by atoms with E-state index in [1.165, 1.54) is 0 Å². The smallest absolute Gasteiger partial charge is 0.178 e. The summed E-state index contributed by atoms with van der Waals surface area (Å²) in [4.78, 5) is 12.2. The van der Waals surface area contributed by atoms with Gasteiger partial charge >= 0.3 is 0 Å². The lowest BCUT2D eigenvalue weighted by molar-refractivity contribution is 0.731. The molecule has 3 rings (SSSR count). The highest BCUT2D eigenvalue weighted by Gasteiger charge is 2.15. The van der Waals surface area contributed by atoms with E-state index in [1.807, 2.05) is 38.7 Å². The van der Waals surface area contributed by atoms with Crippen LogP contribution in [0, 0.1) is 20.8 Å². The fraction of sp³-hybridized carbons (Fsp3) is 0.308. The van der Waals surface area contributed by atoms with E-state index in [-0.39, 0.29) is 0 Å². The van der Waals surface area contributed by atoms with E-state index in [0.29, 0.717) is 0 Å². The Hall–Kier alpha value is -2.17. The maximum atomic E-state index is 4.54. The Labute approximate surface area is 105 Å². The lowest BCUT2D eigenvalue weighted by Gasteiger charge is -1.96. The highest BCUT2D eigenvalue weighted by molar-refractivity contribution is 5.77. The largest absolute Gasteiger partial charge is 0.336 e. The first-order valence-electron chi connectivity index (χ1n) is 5.89. The summed E-state index contributed by atoms with van der Waals surface area (Å²) in [6.45, 7) is 6.06. The number of pyridine rings is 1. The van der Waals surface area contributed by atoms with Crippen molar-refractivity contribution in [2.75, 3.05) is 0 Å². The number of aryl methyl sites for hydroxylation is 3. The maximum Gasteiger partial charge on any atom is 0.178 e. The third-order valence-corrected chi connectivity index (χ3v) is 3.22. The number of aromatic nitrogens is 5. The molecule has 0 saturated heterocycles. The van der Waals surface area contributed by atoms with Gasteiger partial charge in [0.15, 0.2) is 5.65 Å². The molecule has 0 aliphatic heterocycles. The van der Waals surface area contributed by atoms with Crippen LogP contribution in [-0.2, 0) is 7.05 Å². The molecule has 0 aliphatic rings. The van der Waals surface area contributed by atoms with Crippen LogP contribution < -0.4 is 0 Å². The lowest BCUT2D eigenvalue weighted by atomic mass is 10.2. The Kier molecular flexibility index (Phi) is 2.23. The number of nitrogens with zero attached hydrogens (tertiary/aromatic N) is 4. The van der Waals surface area contributed by atoms with Crippen LogP contribution in [0.1, 0.15) is 17.0 Å². The lowest BCUT2D eigenvalue weighted by Crippen LogP contribution is -1.92. The van der Waals surface area contributed by atoms with Crippen LogP contribution in [0.3, 0.4) is 0 Å². The molecule has 0 aromatic carbocycles. The molecule has 0 saturated carbocycles. The Morgan fingerprint density at radius 1 is 1.22 bits per heavy atom. The molecule has 3 aromatic heterocycles. The number of imidazole rings is 1. The van der Waals surface area contributed by atoms with Crippen molar-refractivity contribution in [3.63, 3.8) is 0 Å². The fourth-order valence-corrected chi connectivity index (χ4v) is 2.24. The summed E-state index contributed by atoms with van der Waals surface area (Å²) in [5.74, 6) is 0.839. The molecular formula is C13H15N5. The predicted molar refractivity (Wildman–Crippen MR) is 70.3 cm³/mol. The number of fused-ring (bicyclic) bond motifs is 1. The summed E-state index contributed by atoms with van der Waals surface area (Å²) in [5, 5.41) is 4.41. The van der Waals surface area contributed by atoms with E-state index < -0.39 is 0 Å². The van der Waals surface area contributed by atoms with Crippen molar-refractivity contribution in [3.8, 4) is 11.4 Å². The van der Waals surface area contributed by atoms with E-state index >= 15 is 0 Å². The molecule has 1 N–H and O–H groups in total. The van der Waals surface area contributed by atoms with Gasteiger partial charge in [-0.15, -0.1) is 0 Å². The first-order valence-corrected chi connectivity index (χ1v) is 5.89. The van der Waals surface area contributed by atoms with Gasteiger partial charge in [0, 0.05) is 18.9 Å². The third-order valence-electron chi connectivity index (χ3n) is 3.22. The predicted octanol–water partition coefficient (Wildman–Crippen LogP) is 2.28. The van der Waals surface area contributed by atoms with Crippen LogP contribution in [-0.4, -0.2) is 24.7 Å². The zero-order chi connectivity index (χ0) is 12.9. The van der Waals surface area contributed by atoms with Crippen molar-refractivity contribution in [1.82, 2.24) is 24.7 Å². The van der Waals surface area contributed by atoms with Gasteiger partial charge in [-0.2, -0.15) is 5.10 Å². The average molecular weight is 241 g/mol. The monoisotopic (exact) mass is 241 g/mol. The molecule has 5 nitrogen and oxygen atoms in total. The van der Waals surface area contributed by atoms with E-state index in [0.717, 1.165) is 39.5 Å². The first kappa shape index (κ1) is 11.0. The van der Waals surface area contributed by atoms with Crippen LogP contribution in [0.2, 0.25) is 0 Å². The molecule has 0 bridgehead atoms. The molecule has 3 heterocycles. The minimum absolute atomic E-state index is 0.748. The molecule has 0 fully saturated rings. The first-order chi connectivity index (χ1) is 8.56. The molecule has 0 unspecified atom stereocenters. The zero-order valence-corrected chi connectivity index (χ0v) is 10.9. The number of hydrogen-bond donors (Lipinski definition) is 1. The second-order valence-corrected chi connectivity index (χ2v) is 4.64. The van der Waals surface area contributed by atoms with E-state index in [2.05, 4.69) is 26.1 Å². The summed E-state index contributed by atoms with van der Waals surface area (Å²) >= 11 is 0. The van der Waals surface area contributed by atoms with Gasteiger partial charge in [0.25, 0.3) is 0 Å². The standard InChI is InChI=1S/C13H15N5/c1-7-5-10-12(14-6-7)16-13(15-10)11-8(2)17-18(4)9(11)3/h5-6H,1-4H3,(H,14,15,16). The fourth-order valence-electron chi connectivity index (χ4n) is 2.24. The Morgan fingerprint density at radius 2 is 2.00 bits per heavy atom. The van der Waals surface area contributed by atoms with Crippen molar-refractivity contribution < 1.29 is 0 Å². The molecule has 0 atom stereocenters. The summed E-state index contributed by atoms with van der Waals surface area (Å²) < 4.78 is 1.87. The van der Waals surface area contributed by atoms with Crippen LogP contribution >= 0.6 is 0 Å². The molecule has 5 heteroatoms. The summed E-state index contributed by atoms with van der Waals surface area (Å²) in [7, 11) is 1.94. The van der Waals surface area contributed by atoms with Gasteiger partial charge in [0.05, 0.1) is 16.8 Å². The molecule has 0 amide bonds. The van der Waals surface area contributed by atoms with E-state index in [1.54, 1.807) is 0 Å². The van der Waals surface area contributed by atoms with Crippen LogP contribution in [0.25, 0.3) is 22.6 Å². The van der Waals surface area contributed by atoms with Crippen molar-refractivity contribution in [2.45, 2.75) is 20.8 Å². The SMILES string of the molecule is Cc1cnc2nc(-c3c(C)nn(C)c3C)[nH]c2c1. The number of rotatable bonds is 1. The summed E-state index contributed by atoms with van der Waals surface area (Å²) in [6.07, 6.45) is 1.83. The third kappa shape index (κ3) is 1.51. The number of hydrogen-bond acceptors (Lipinski definition) is 3. The maximum absolute atomic E-state index is 4.54. The van der Waals surface area contributed by atoms with Gasteiger partial charge in [-0.3, -0.25) is 4.68 Å². The van der Waals surface area contributed by atoms with Gasteiger partial charge < -0.3 is 4.98 Å². The van der Waals surface area contributed by atoms with Gasteiger partial charge in [-0.25, -0.2) is 9.97 Å². The van der Waals surface area contributed by atoms with Crippen LogP contribution in [0.5, 0.6) is 0 Å². The normalized spacial score (nSPS) is 11.3. The van der Waals surface area contributed by atoms with Crippen molar-refractivity contribution in [3.05, 3.63) is 29.2 Å². The number of nitrogens with one attached hydrogen (secondary N) is 1. The topological polar surface area (TPSA) is 59.4 Å². The molecule has 0 radical (unpaired) electrons. The Morgan fingerprint density at radius 3 is 2.67 bits per heavy atom. The highest BCUT2D eigenvalue weighted by atomic mass is 15.3. The Balaban J connectivity index is 2.25. The van der Waals surface area contributed by atoms with Gasteiger partial charge in [-0.1, -0.05) is 0 Å². The highest BCUT2D eigenvalue weighted by Crippen LogP contribution is 2.25. The molecular weight excluding hydrogens is 226 g/mol. The van der Waals surface area contributed by atoms with E-state index in [4.69, 9.17) is 0 Å². The molecule has 0 aliphatic carbocycles. The minimum atomic E-state index is 0.748. The minimum Gasteiger partial charge on any atom is -0.336 e. The van der Waals surface area contributed by atoms with Gasteiger partial charge in [-0.05, 0) is 32.4 Å². The van der Waals surface area contributed by atoms with Crippen molar-refractivity contribution >= 4 is 11.2 Å². The quantitative estimate of drug-likeness (QED) is 0.711. The molecule has 3 aromatic rings. The van der Waals surface area contributed by atoms with E-state index in [9.17, 15) is 0 Å². The molecule has 18 heavy (non-hydrogen) atoms. The second-order valence-electron chi connectivity index (χ2n) is 4.64. The van der Waals surface area contributed by atoms with Gasteiger partial charge in [0.1, 0.15) is 5.82 Å². The van der Waals surface area contributed by atoms with Gasteiger partial charge in [0.2, 0.25) is 0 Å². The molecule has 92 valence electrons. The summed E-state index contributed by atoms with van der Waals surface area (Å²) in [5.41, 5.74) is 5.98. The molecule has 0 spiro atoms. The van der Waals surface area contributed by atoms with Crippen LogP contribution in [0.15, 0.2) is 12.3 Å². The van der Waals surface area contributed by atoms with Crippen molar-refractivity contribution in [1.29, 1.82) is 0 Å². The Bertz CT molecular complexity index is 735. The number of aromatic amines is 1. The number of H-pyrrole nitrogens is 1.